The van der Waals surface area contributed by atoms with Crippen molar-refractivity contribution in [2.75, 3.05) is 20.4 Å². The quantitative estimate of drug-likeness (QED) is 0.342. The molecule has 0 radical (unpaired) electrons. The van der Waals surface area contributed by atoms with Crippen LogP contribution in [0.1, 0.15) is 27.0 Å². The molecule has 0 atom stereocenters. The van der Waals surface area contributed by atoms with E-state index in [9.17, 15) is 18.0 Å². The summed E-state index contributed by atoms with van der Waals surface area (Å²) >= 11 is 0. The number of carbonyl (C=O) groups is 1. The first-order valence-electron chi connectivity index (χ1n) is 11.9. The van der Waals surface area contributed by atoms with Crippen molar-refractivity contribution in [2.24, 2.45) is 0 Å². The molecule has 0 saturated heterocycles. The zero-order valence-corrected chi connectivity index (χ0v) is 21.7. The van der Waals surface area contributed by atoms with Crippen molar-refractivity contribution in [3.63, 3.8) is 0 Å². The Morgan fingerprint density at radius 2 is 1.76 bits per heavy atom. The van der Waals surface area contributed by atoms with E-state index >= 15 is 0 Å². The maximum atomic E-state index is 13.8. The second kappa shape index (κ2) is 10.3. The number of nitrogens with zero attached hydrogens (tertiary/aromatic N) is 1. The van der Waals surface area contributed by atoms with Gasteiger partial charge in [0.05, 0.1) is 23.1 Å². The summed E-state index contributed by atoms with van der Waals surface area (Å²) in [4.78, 5) is 27.7. The summed E-state index contributed by atoms with van der Waals surface area (Å²) in [6, 6.07) is 18.5. The van der Waals surface area contributed by atoms with Gasteiger partial charge in [0.2, 0.25) is 16.8 Å². The van der Waals surface area contributed by atoms with Gasteiger partial charge in [0.15, 0.2) is 11.5 Å². The predicted molar refractivity (Wildman–Crippen MR) is 141 cm³/mol. The highest BCUT2D eigenvalue weighted by Crippen LogP contribution is 2.35. The molecule has 9 nitrogen and oxygen atoms in total. The van der Waals surface area contributed by atoms with E-state index in [0.29, 0.717) is 28.8 Å². The van der Waals surface area contributed by atoms with Crippen molar-refractivity contribution in [2.45, 2.75) is 24.8 Å². The number of fused-ring (bicyclic) bond motifs is 2. The van der Waals surface area contributed by atoms with Crippen LogP contribution in [0.15, 0.2) is 76.4 Å². The van der Waals surface area contributed by atoms with Gasteiger partial charge in [-0.2, -0.15) is 4.31 Å². The first-order valence-corrected chi connectivity index (χ1v) is 13.4. The van der Waals surface area contributed by atoms with Gasteiger partial charge in [-0.1, -0.05) is 29.8 Å². The molecule has 1 N–H and O–H groups in total. The highest BCUT2D eigenvalue weighted by molar-refractivity contribution is 7.89. The van der Waals surface area contributed by atoms with Crippen molar-refractivity contribution in [1.29, 1.82) is 0 Å². The highest BCUT2D eigenvalue weighted by Gasteiger charge is 2.26. The fraction of sp³-hybridized carbons (Fsp3) is 0.214. The summed E-state index contributed by atoms with van der Waals surface area (Å²) < 4.78 is 44.4. The van der Waals surface area contributed by atoms with Crippen molar-refractivity contribution < 1.29 is 27.4 Å². The van der Waals surface area contributed by atoms with Gasteiger partial charge in [-0.3, -0.25) is 4.79 Å². The van der Waals surface area contributed by atoms with Crippen molar-refractivity contribution >= 4 is 26.9 Å². The molecular formula is C28H26N2O7S. The molecule has 0 unspecified atom stereocenters. The lowest BCUT2D eigenvalue weighted by Crippen LogP contribution is -2.34. The Balaban J connectivity index is 1.50. The Hall–Kier alpha value is -4.15. The Bertz CT molecular complexity index is 1680. The normalized spacial score (nSPS) is 12.7. The maximum absolute atomic E-state index is 13.8. The second-order valence-electron chi connectivity index (χ2n) is 9.01. The number of esters is 1. The van der Waals surface area contributed by atoms with Gasteiger partial charge >= 0.3 is 5.97 Å². The number of pyridine rings is 1. The molecule has 4 aromatic rings. The molecule has 1 aromatic heterocycles. The van der Waals surface area contributed by atoms with E-state index in [2.05, 4.69) is 4.98 Å². The number of sulfonamides is 1. The summed E-state index contributed by atoms with van der Waals surface area (Å²) in [6.07, 6.45) is 0.450. The molecule has 5 rings (SSSR count). The highest BCUT2D eigenvalue weighted by atomic mass is 32.2. The van der Waals surface area contributed by atoms with Crippen LogP contribution in [0.3, 0.4) is 0 Å². The Labute approximate surface area is 219 Å². The minimum Gasteiger partial charge on any atom is -0.465 e. The van der Waals surface area contributed by atoms with Gasteiger partial charge in [-0.05, 0) is 55.3 Å². The number of hydrogen-bond acceptors (Lipinski definition) is 7. The molecule has 0 fully saturated rings. The van der Waals surface area contributed by atoms with Crippen LogP contribution in [0.2, 0.25) is 0 Å². The minimum absolute atomic E-state index is 0.00924. The first-order chi connectivity index (χ1) is 18.2. The molecular weight excluding hydrogens is 508 g/mol. The summed E-state index contributed by atoms with van der Waals surface area (Å²) in [5, 5.41) is 0.697. The van der Waals surface area contributed by atoms with Crippen LogP contribution in [0.4, 0.5) is 0 Å². The second-order valence-corrected chi connectivity index (χ2v) is 10.9. The fourth-order valence-electron chi connectivity index (χ4n) is 4.38. The Morgan fingerprint density at radius 1 is 1.03 bits per heavy atom. The average Bonchev–Trinajstić information content (AvgIpc) is 3.36. The summed E-state index contributed by atoms with van der Waals surface area (Å²) in [7, 11) is -2.77. The third-order valence-electron chi connectivity index (χ3n) is 6.41. The number of rotatable bonds is 8. The van der Waals surface area contributed by atoms with Crippen LogP contribution < -0.4 is 15.0 Å². The monoisotopic (exact) mass is 534 g/mol. The summed E-state index contributed by atoms with van der Waals surface area (Å²) in [5.41, 5.74) is 2.74. The molecule has 1 aliphatic rings. The van der Waals surface area contributed by atoms with E-state index in [1.807, 2.05) is 31.2 Å². The third-order valence-corrected chi connectivity index (χ3v) is 8.27. The number of benzene rings is 3. The number of ether oxygens (including phenoxy) is 3. The number of aryl methyl sites for hydroxylation is 1. The molecule has 2 heterocycles. The van der Waals surface area contributed by atoms with Crippen molar-refractivity contribution in [1.82, 2.24) is 9.29 Å². The Kier molecular flexibility index (Phi) is 6.92. The van der Waals surface area contributed by atoms with Crippen molar-refractivity contribution in [3.05, 3.63) is 99.3 Å². The van der Waals surface area contributed by atoms with Crippen LogP contribution in [0.25, 0.3) is 10.9 Å². The molecule has 38 heavy (non-hydrogen) atoms. The molecule has 0 saturated carbocycles. The zero-order valence-electron chi connectivity index (χ0n) is 20.9. The van der Waals surface area contributed by atoms with Gasteiger partial charge in [0.1, 0.15) is 0 Å². The molecule has 1 aliphatic heterocycles. The lowest BCUT2D eigenvalue weighted by molar-refractivity contribution is 0.0600. The third kappa shape index (κ3) is 5.13. The van der Waals surface area contributed by atoms with Gasteiger partial charge < -0.3 is 19.2 Å². The lowest BCUT2D eigenvalue weighted by Gasteiger charge is -2.22. The van der Waals surface area contributed by atoms with Crippen LogP contribution in [-0.2, 0) is 27.7 Å². The first kappa shape index (κ1) is 25.5. The zero-order chi connectivity index (χ0) is 26.9. The Morgan fingerprint density at radius 3 is 2.47 bits per heavy atom. The SMILES string of the molecule is COC(=O)c1ccc(S(=O)(=O)N(CCc2cccc(C)c2)Cc2cc3cc4c(cc3[nH]c2=O)OCO4)cc1. The van der Waals surface area contributed by atoms with Crippen LogP contribution in [-0.4, -0.2) is 44.1 Å². The number of carbonyl (C=O) groups excluding carboxylic acids is 1. The average molecular weight is 535 g/mol. The number of aromatic amines is 1. The van der Waals surface area contributed by atoms with Gasteiger partial charge in [0.25, 0.3) is 5.56 Å². The number of nitrogens with one attached hydrogen (secondary N) is 1. The van der Waals surface area contributed by atoms with E-state index in [4.69, 9.17) is 14.2 Å². The van der Waals surface area contributed by atoms with Gasteiger partial charge in [-0.15, -0.1) is 0 Å². The fourth-order valence-corrected chi connectivity index (χ4v) is 5.80. The maximum Gasteiger partial charge on any atom is 0.337 e. The smallest absolute Gasteiger partial charge is 0.337 e. The largest absolute Gasteiger partial charge is 0.465 e. The topological polar surface area (TPSA) is 115 Å². The van der Waals surface area contributed by atoms with E-state index < -0.39 is 21.6 Å². The minimum atomic E-state index is -4.02. The summed E-state index contributed by atoms with van der Waals surface area (Å²) in [5.74, 6) is 0.539. The van der Waals surface area contributed by atoms with E-state index in [1.165, 1.54) is 35.7 Å². The molecule has 0 bridgehead atoms. The summed E-state index contributed by atoms with van der Waals surface area (Å²) in [6.45, 7) is 2.07. The lowest BCUT2D eigenvalue weighted by atomic mass is 10.1. The van der Waals surface area contributed by atoms with Gasteiger partial charge in [0, 0.05) is 30.1 Å². The molecule has 0 spiro atoms. The standard InChI is InChI=1S/C28H26N2O7S/c1-18-4-3-5-19(12-18)10-11-30(38(33,34)23-8-6-20(7-9-23)28(32)35-2)16-22-13-21-14-25-26(37-17-36-25)15-24(21)29-27(22)31/h3-9,12-15H,10-11,16-17H2,1-2H3,(H,29,31). The molecule has 196 valence electrons. The number of H-pyrrole nitrogens is 1. The molecule has 0 aliphatic carbocycles. The van der Waals surface area contributed by atoms with Crippen LogP contribution in [0, 0.1) is 6.92 Å². The molecule has 10 heteroatoms. The van der Waals surface area contributed by atoms with Crippen molar-refractivity contribution in [3.8, 4) is 11.5 Å². The molecule has 0 amide bonds. The molecule has 3 aromatic carbocycles. The van der Waals surface area contributed by atoms with E-state index in [-0.39, 0.29) is 35.9 Å². The number of aromatic nitrogens is 1. The van der Waals surface area contributed by atoms with Crippen LogP contribution in [0.5, 0.6) is 11.5 Å². The van der Waals surface area contributed by atoms with Crippen LogP contribution >= 0.6 is 0 Å². The van der Waals surface area contributed by atoms with Gasteiger partial charge in [-0.25, -0.2) is 13.2 Å². The van der Waals surface area contributed by atoms with E-state index in [0.717, 1.165) is 11.1 Å². The predicted octanol–water partition coefficient (Wildman–Crippen LogP) is 3.79. The number of hydrogen-bond donors (Lipinski definition) is 1. The van der Waals surface area contributed by atoms with E-state index in [1.54, 1.807) is 18.2 Å². The number of methoxy groups -OCH3 is 1.